The maximum atomic E-state index is 10.0. The van der Waals surface area contributed by atoms with Crippen molar-refractivity contribution >= 4 is 34.3 Å². The molecule has 0 saturated carbocycles. The highest BCUT2D eigenvalue weighted by Crippen LogP contribution is 2.46. The highest BCUT2D eigenvalue weighted by molar-refractivity contribution is 6.34. The monoisotopic (exact) mass is 483 g/mol. The summed E-state index contributed by atoms with van der Waals surface area (Å²) in [4.78, 5) is 7.20. The molecule has 0 spiro atoms. The van der Waals surface area contributed by atoms with Crippen molar-refractivity contribution in [1.29, 1.82) is 15.8 Å². The van der Waals surface area contributed by atoms with Crippen LogP contribution >= 0.6 is 11.6 Å². The molecule has 6 heteroatoms. The Labute approximate surface area is 213 Å². The molecule has 0 aliphatic carbocycles. The molecule has 0 radical (unpaired) electrons. The third-order valence-electron chi connectivity index (χ3n) is 6.62. The number of aryl methyl sites for hydroxylation is 1. The highest BCUT2D eigenvalue weighted by Gasteiger charge is 2.36. The quantitative estimate of drug-likeness (QED) is 0.312. The lowest BCUT2D eigenvalue weighted by molar-refractivity contribution is 0.374. The summed E-state index contributed by atoms with van der Waals surface area (Å²) in [6, 6.07) is 16.9. The van der Waals surface area contributed by atoms with Crippen molar-refractivity contribution in [2.24, 2.45) is 4.99 Å². The second kappa shape index (κ2) is 10.8. The Morgan fingerprint density at radius 2 is 1.77 bits per heavy atom. The second-order valence-electron chi connectivity index (χ2n) is 9.67. The van der Waals surface area contributed by atoms with E-state index in [4.69, 9.17) is 16.6 Å². The maximum absolute atomic E-state index is 10.0. The average molecular weight is 484 g/mol. The van der Waals surface area contributed by atoms with Crippen molar-refractivity contribution in [1.82, 2.24) is 0 Å². The molecule has 0 aromatic heterocycles. The van der Waals surface area contributed by atoms with Crippen LogP contribution in [0.4, 0.5) is 11.4 Å². The maximum Gasteiger partial charge on any atom is 0.151 e. The number of unbranched alkanes of at least 4 members (excludes halogenated alkanes) is 1. The summed E-state index contributed by atoms with van der Waals surface area (Å²) < 4.78 is 0. The number of anilines is 1. The molecule has 0 saturated heterocycles. The van der Waals surface area contributed by atoms with Crippen molar-refractivity contribution < 1.29 is 0 Å². The number of rotatable bonds is 6. The van der Waals surface area contributed by atoms with Crippen LogP contribution in [0.2, 0.25) is 5.02 Å². The van der Waals surface area contributed by atoms with Gasteiger partial charge in [-0.1, -0.05) is 44.0 Å². The Morgan fingerprint density at radius 3 is 2.34 bits per heavy atom. The summed E-state index contributed by atoms with van der Waals surface area (Å²) in [5, 5.41) is 29.7. The van der Waals surface area contributed by atoms with Gasteiger partial charge >= 0.3 is 0 Å². The van der Waals surface area contributed by atoms with Gasteiger partial charge in [-0.25, -0.2) is 4.99 Å². The number of nitrogens with zero attached hydrogens (tertiary/aromatic N) is 5. The summed E-state index contributed by atoms with van der Waals surface area (Å²) in [6.07, 6.45) is 3.27. The van der Waals surface area contributed by atoms with E-state index in [2.05, 4.69) is 50.8 Å². The van der Waals surface area contributed by atoms with Gasteiger partial charge in [-0.3, -0.25) is 0 Å². The zero-order valence-corrected chi connectivity index (χ0v) is 21.7. The van der Waals surface area contributed by atoms with Gasteiger partial charge in [-0.15, -0.1) is 0 Å². The predicted octanol–water partition coefficient (Wildman–Crippen LogP) is 7.64. The van der Waals surface area contributed by atoms with Gasteiger partial charge in [0.2, 0.25) is 0 Å². The molecular formula is C29H30ClN5. The lowest BCUT2D eigenvalue weighted by Gasteiger charge is -2.48. The number of fused-ring (bicyclic) bond motifs is 1. The lowest BCUT2D eigenvalue weighted by Crippen LogP contribution is -2.48. The molecule has 2 aromatic rings. The molecule has 0 amide bonds. The van der Waals surface area contributed by atoms with Crippen molar-refractivity contribution in [3.8, 4) is 18.2 Å². The van der Waals surface area contributed by atoms with Gasteiger partial charge in [-0.05, 0) is 80.5 Å². The number of halogens is 1. The highest BCUT2D eigenvalue weighted by atomic mass is 35.5. The molecule has 1 aliphatic rings. The number of hydrogen-bond acceptors (Lipinski definition) is 5. The smallest absolute Gasteiger partial charge is 0.151 e. The number of allylic oxidation sites excluding steroid dienone is 2. The summed E-state index contributed by atoms with van der Waals surface area (Å²) in [7, 11) is 0. The van der Waals surface area contributed by atoms with Crippen LogP contribution in [0.5, 0.6) is 0 Å². The lowest BCUT2D eigenvalue weighted by atomic mass is 9.79. The van der Waals surface area contributed by atoms with Crippen LogP contribution in [-0.2, 0) is 0 Å². The van der Waals surface area contributed by atoms with E-state index in [1.165, 1.54) is 11.3 Å². The van der Waals surface area contributed by atoms with E-state index in [0.717, 1.165) is 31.4 Å². The van der Waals surface area contributed by atoms with Crippen LogP contribution in [0.1, 0.15) is 69.6 Å². The van der Waals surface area contributed by atoms with E-state index in [1.54, 1.807) is 24.3 Å². The number of hydrogen-bond donors (Lipinski definition) is 0. The van der Waals surface area contributed by atoms with Crippen LogP contribution in [0.15, 0.2) is 47.0 Å². The fourth-order valence-electron chi connectivity index (χ4n) is 4.89. The number of benzene rings is 2. The Morgan fingerprint density at radius 1 is 1.11 bits per heavy atom. The molecule has 0 bridgehead atoms. The fraction of sp³-hybridized carbons (Fsp3) is 0.379. The van der Waals surface area contributed by atoms with Crippen molar-refractivity contribution in [2.75, 3.05) is 11.4 Å². The SMILES string of the molecule is CCCCN1c2cc(C)c(N=C(C#N)C(=C(C#N)C#N)c3ccc(Cl)cc3)cc2C(C)CC1(C)C. The van der Waals surface area contributed by atoms with Gasteiger partial charge in [0, 0.05) is 28.4 Å². The Bertz CT molecular complexity index is 1280. The minimum Gasteiger partial charge on any atom is -0.366 e. The molecule has 35 heavy (non-hydrogen) atoms. The molecule has 1 heterocycles. The largest absolute Gasteiger partial charge is 0.366 e. The van der Waals surface area contributed by atoms with Crippen molar-refractivity contribution in [3.63, 3.8) is 0 Å². The molecule has 1 aliphatic heterocycles. The summed E-state index contributed by atoms with van der Waals surface area (Å²) in [5.74, 6) is 0.331. The minimum absolute atomic E-state index is 0.0279. The van der Waals surface area contributed by atoms with Crippen LogP contribution in [0.3, 0.4) is 0 Å². The zero-order valence-electron chi connectivity index (χ0n) is 21.0. The molecule has 178 valence electrons. The Hall–Kier alpha value is -3.59. The van der Waals surface area contributed by atoms with E-state index >= 15 is 0 Å². The molecule has 0 fully saturated rings. The van der Waals surface area contributed by atoms with Crippen molar-refractivity contribution in [2.45, 2.75) is 65.3 Å². The topological polar surface area (TPSA) is 87.0 Å². The van der Waals surface area contributed by atoms with Gasteiger partial charge in [0.25, 0.3) is 0 Å². The third kappa shape index (κ3) is 5.40. The molecule has 3 rings (SSSR count). The molecule has 1 atom stereocenters. The average Bonchev–Trinajstić information content (AvgIpc) is 2.82. The first-order valence-corrected chi connectivity index (χ1v) is 12.3. The standard InChI is InChI=1S/C29H30ClN5/c1-6-7-12-35-27-13-19(2)25(14-24(27)20(3)15-29(35,4)5)34-26(18-33)28(22(16-31)17-32)21-8-10-23(30)11-9-21/h8-11,13-14,20H,6-7,12,15H2,1-5H3. The van der Waals surface area contributed by atoms with E-state index in [1.807, 2.05) is 19.1 Å². The Kier molecular flexibility index (Phi) is 8.01. The van der Waals surface area contributed by atoms with Crippen LogP contribution in [0, 0.1) is 40.9 Å². The second-order valence-corrected chi connectivity index (χ2v) is 10.1. The van der Waals surface area contributed by atoms with E-state index in [0.29, 0.717) is 22.2 Å². The third-order valence-corrected chi connectivity index (χ3v) is 6.87. The van der Waals surface area contributed by atoms with Crippen molar-refractivity contribution in [3.05, 3.63) is 63.7 Å². The molecule has 0 N–H and O–H groups in total. The summed E-state index contributed by atoms with van der Waals surface area (Å²) in [5.41, 5.74) is 4.71. The van der Waals surface area contributed by atoms with E-state index in [-0.39, 0.29) is 22.4 Å². The summed E-state index contributed by atoms with van der Waals surface area (Å²) in [6.45, 7) is 12.0. The first-order valence-electron chi connectivity index (χ1n) is 11.9. The fourth-order valence-corrected chi connectivity index (χ4v) is 5.02. The molecule has 2 aromatic carbocycles. The summed E-state index contributed by atoms with van der Waals surface area (Å²) >= 11 is 6.03. The number of aliphatic imine (C=N–C) groups is 1. The van der Waals surface area contributed by atoms with Crippen LogP contribution in [0.25, 0.3) is 5.57 Å². The zero-order chi connectivity index (χ0) is 25.8. The van der Waals surface area contributed by atoms with Gasteiger partial charge < -0.3 is 4.90 Å². The first-order chi connectivity index (χ1) is 16.7. The van der Waals surface area contributed by atoms with E-state index < -0.39 is 0 Å². The van der Waals surface area contributed by atoms with Crippen LogP contribution < -0.4 is 4.90 Å². The van der Waals surface area contributed by atoms with E-state index in [9.17, 15) is 15.8 Å². The minimum atomic E-state index is -0.163. The first kappa shape index (κ1) is 26.0. The van der Waals surface area contributed by atoms with Gasteiger partial charge in [-0.2, -0.15) is 15.8 Å². The molecular weight excluding hydrogens is 454 g/mol. The predicted molar refractivity (Wildman–Crippen MR) is 143 cm³/mol. The normalized spacial score (nSPS) is 16.5. The molecule has 1 unspecified atom stereocenters. The number of nitriles is 3. The van der Waals surface area contributed by atoms with Crippen LogP contribution in [-0.4, -0.2) is 17.8 Å². The van der Waals surface area contributed by atoms with Gasteiger partial charge in [0.05, 0.1) is 5.69 Å². The Balaban J connectivity index is 2.19. The van der Waals surface area contributed by atoms with Gasteiger partial charge in [0.15, 0.2) is 5.71 Å². The van der Waals surface area contributed by atoms with Gasteiger partial charge in [0.1, 0.15) is 23.8 Å². The molecule has 5 nitrogen and oxygen atoms in total.